The number of rotatable bonds is 6. The van der Waals surface area contributed by atoms with E-state index in [1.54, 1.807) is 13.0 Å². The number of para-hydroxylation sites is 1. The monoisotopic (exact) mass is 452 g/mol. The average molecular weight is 453 g/mol. The molecule has 2 aromatic heterocycles. The van der Waals surface area contributed by atoms with Gasteiger partial charge < -0.3 is 19.2 Å². The van der Waals surface area contributed by atoms with Crippen LogP contribution in [0.4, 0.5) is 0 Å². The second-order valence-corrected chi connectivity index (χ2v) is 8.83. The molecule has 0 saturated carbocycles. The first-order valence-electron chi connectivity index (χ1n) is 10.5. The highest BCUT2D eigenvalue weighted by Gasteiger charge is 2.27. The molecule has 7 nitrogen and oxygen atoms in total. The molecule has 0 aliphatic rings. The number of carbonyl (C=O) groups excluding carboxylic acids is 1. The molecule has 0 amide bonds. The minimum atomic E-state index is -0.754. The summed E-state index contributed by atoms with van der Waals surface area (Å²) in [6, 6.07) is 9.08. The fourth-order valence-electron chi connectivity index (χ4n) is 3.73. The molecule has 2 aromatic carbocycles. The molecule has 32 heavy (non-hydrogen) atoms. The number of hydrogen-bond acceptors (Lipinski definition) is 7. The molecule has 0 atom stereocenters. The van der Waals surface area contributed by atoms with E-state index in [1.807, 2.05) is 45.3 Å². The van der Waals surface area contributed by atoms with Crippen molar-refractivity contribution in [3.8, 4) is 16.3 Å². The zero-order valence-corrected chi connectivity index (χ0v) is 19.2. The Balaban J connectivity index is 2.11. The first kappa shape index (κ1) is 22.0. The van der Waals surface area contributed by atoms with Crippen LogP contribution in [0.1, 0.15) is 35.5 Å². The van der Waals surface area contributed by atoms with E-state index in [9.17, 15) is 14.7 Å². The molecule has 2 heterocycles. The van der Waals surface area contributed by atoms with Gasteiger partial charge in [0, 0.05) is 5.56 Å². The number of ether oxygens (including phenoxy) is 1. The summed E-state index contributed by atoms with van der Waals surface area (Å²) >= 11 is 1.31. The number of esters is 1. The Morgan fingerprint density at radius 3 is 2.66 bits per heavy atom. The lowest BCUT2D eigenvalue weighted by atomic mass is 10.00. The van der Waals surface area contributed by atoms with E-state index in [0.29, 0.717) is 29.1 Å². The van der Waals surface area contributed by atoms with Gasteiger partial charge in [-0.3, -0.25) is 4.79 Å². The minimum absolute atomic E-state index is 0.0704. The minimum Gasteiger partial charge on any atom is -0.872 e. The van der Waals surface area contributed by atoms with E-state index in [-0.39, 0.29) is 34.6 Å². The van der Waals surface area contributed by atoms with Gasteiger partial charge in [0.1, 0.15) is 22.7 Å². The third-order valence-corrected chi connectivity index (χ3v) is 6.24. The summed E-state index contributed by atoms with van der Waals surface area (Å²) < 4.78 is 12.1. The Kier molecular flexibility index (Phi) is 5.99. The summed E-state index contributed by atoms with van der Waals surface area (Å²) in [5, 5.41) is 13.7. The molecule has 0 fully saturated rings. The molecule has 8 heteroatoms. The summed E-state index contributed by atoms with van der Waals surface area (Å²) in [7, 11) is 3.81. The zero-order chi connectivity index (χ0) is 23.0. The molecule has 166 valence electrons. The molecule has 1 N–H and O–H groups in total. The lowest BCUT2D eigenvalue weighted by Crippen LogP contribution is -3.04. The largest absolute Gasteiger partial charge is 0.872 e. The summed E-state index contributed by atoms with van der Waals surface area (Å²) in [6.07, 6.45) is 0.486. The van der Waals surface area contributed by atoms with E-state index in [2.05, 4.69) is 4.98 Å². The van der Waals surface area contributed by atoms with Crippen LogP contribution in [0.2, 0.25) is 0 Å². The van der Waals surface area contributed by atoms with Crippen molar-refractivity contribution in [3.63, 3.8) is 0 Å². The van der Waals surface area contributed by atoms with Crippen molar-refractivity contribution in [1.82, 2.24) is 4.98 Å². The van der Waals surface area contributed by atoms with E-state index in [0.717, 1.165) is 15.1 Å². The van der Waals surface area contributed by atoms with E-state index < -0.39 is 11.4 Å². The van der Waals surface area contributed by atoms with Crippen LogP contribution < -0.4 is 15.4 Å². The molecular formula is C24H24N2O5S. The van der Waals surface area contributed by atoms with Gasteiger partial charge in [-0.05, 0) is 31.5 Å². The van der Waals surface area contributed by atoms with Crippen LogP contribution in [0.15, 0.2) is 39.5 Å². The number of aryl methyl sites for hydroxylation is 1. The summed E-state index contributed by atoms with van der Waals surface area (Å²) in [5.74, 6) is -1.13. The van der Waals surface area contributed by atoms with E-state index in [4.69, 9.17) is 9.15 Å². The molecule has 0 aliphatic carbocycles. The van der Waals surface area contributed by atoms with Crippen molar-refractivity contribution in [1.29, 1.82) is 0 Å². The van der Waals surface area contributed by atoms with E-state index >= 15 is 0 Å². The average Bonchev–Trinajstić information content (AvgIpc) is 3.19. The van der Waals surface area contributed by atoms with Gasteiger partial charge in [0.15, 0.2) is 0 Å². The Hall–Kier alpha value is -3.23. The molecular weight excluding hydrogens is 428 g/mol. The number of nitrogens with zero attached hydrogens (tertiary/aromatic N) is 1. The molecule has 4 rings (SSSR count). The van der Waals surface area contributed by atoms with Crippen molar-refractivity contribution in [2.45, 2.75) is 26.8 Å². The maximum Gasteiger partial charge on any atom is 0.375 e. The first-order chi connectivity index (χ1) is 15.3. The van der Waals surface area contributed by atoms with Gasteiger partial charge in [-0.25, -0.2) is 9.78 Å². The standard InChI is InChI=1S/C24H24N2O5S/c1-5-13-11-14-20(28)18(23-25-16-9-7-8-10-17(16)32-23)22(24(29)30-6-2)31-21(14)15(19(13)27)12-26(3)4/h7-11,27H,5-6,12H2,1-4H3. The zero-order valence-electron chi connectivity index (χ0n) is 18.4. The Morgan fingerprint density at radius 1 is 1.25 bits per heavy atom. The summed E-state index contributed by atoms with van der Waals surface area (Å²) in [4.78, 5) is 32.1. The quantitative estimate of drug-likeness (QED) is 0.452. The molecule has 4 aromatic rings. The number of fused-ring (bicyclic) bond motifs is 2. The molecule has 0 saturated heterocycles. The topological polar surface area (TPSA) is 96.9 Å². The van der Waals surface area contributed by atoms with Crippen molar-refractivity contribution >= 4 is 38.5 Å². The van der Waals surface area contributed by atoms with Gasteiger partial charge in [-0.15, -0.1) is 11.3 Å². The third-order valence-electron chi connectivity index (χ3n) is 5.19. The van der Waals surface area contributed by atoms with Gasteiger partial charge in [-0.1, -0.05) is 30.4 Å². The Morgan fingerprint density at radius 2 is 2.00 bits per heavy atom. The lowest BCUT2D eigenvalue weighted by molar-refractivity contribution is -0.872. The van der Waals surface area contributed by atoms with Crippen LogP contribution in [-0.2, 0) is 17.7 Å². The molecule has 0 spiro atoms. The van der Waals surface area contributed by atoms with Gasteiger partial charge >= 0.3 is 5.97 Å². The van der Waals surface area contributed by atoms with Crippen LogP contribution in [0, 0.1) is 0 Å². The van der Waals surface area contributed by atoms with Crippen molar-refractivity contribution in [2.75, 3.05) is 20.7 Å². The lowest BCUT2D eigenvalue weighted by Gasteiger charge is -2.21. The summed E-state index contributed by atoms with van der Waals surface area (Å²) in [5.41, 5.74) is 1.48. The fourth-order valence-corrected chi connectivity index (χ4v) is 4.74. The number of benzene rings is 2. The SMILES string of the molecule is CCOC(=O)c1oc2c(C[NH+](C)C)c([O-])c(CC)cc2c(=O)c1-c1nc2ccccc2s1. The van der Waals surface area contributed by atoms with Gasteiger partial charge in [0.2, 0.25) is 11.2 Å². The number of hydrogen-bond donors (Lipinski definition) is 1. The van der Waals surface area contributed by atoms with Crippen LogP contribution in [-0.4, -0.2) is 31.7 Å². The van der Waals surface area contributed by atoms with Crippen LogP contribution in [0.5, 0.6) is 5.75 Å². The van der Waals surface area contributed by atoms with Crippen LogP contribution in [0.25, 0.3) is 31.8 Å². The highest BCUT2D eigenvalue weighted by molar-refractivity contribution is 7.21. The molecule has 0 unspecified atom stereocenters. The normalized spacial score (nSPS) is 11.5. The smallest absolute Gasteiger partial charge is 0.375 e. The predicted octanol–water partition coefficient (Wildman–Crippen LogP) is 2.53. The number of quaternary nitrogens is 1. The third kappa shape index (κ3) is 3.76. The Labute approximate surface area is 188 Å². The van der Waals surface area contributed by atoms with Gasteiger partial charge in [0.05, 0.1) is 36.3 Å². The van der Waals surface area contributed by atoms with Gasteiger partial charge in [0.25, 0.3) is 0 Å². The first-order valence-corrected chi connectivity index (χ1v) is 11.3. The number of nitrogens with one attached hydrogen (secondary N) is 1. The van der Waals surface area contributed by atoms with E-state index in [1.165, 1.54) is 11.3 Å². The number of thiazole rings is 1. The fraction of sp³-hybridized carbons (Fsp3) is 0.292. The van der Waals surface area contributed by atoms with Crippen molar-refractivity contribution in [2.24, 2.45) is 0 Å². The van der Waals surface area contributed by atoms with Crippen LogP contribution >= 0.6 is 11.3 Å². The number of aromatic nitrogens is 1. The van der Waals surface area contributed by atoms with Crippen LogP contribution in [0.3, 0.4) is 0 Å². The van der Waals surface area contributed by atoms with Crippen molar-refractivity contribution < 1.29 is 24.0 Å². The second kappa shape index (κ2) is 8.72. The molecule has 0 aliphatic heterocycles. The second-order valence-electron chi connectivity index (χ2n) is 7.80. The predicted molar refractivity (Wildman–Crippen MR) is 122 cm³/mol. The highest BCUT2D eigenvalue weighted by Crippen LogP contribution is 2.35. The highest BCUT2D eigenvalue weighted by atomic mass is 32.1. The van der Waals surface area contributed by atoms with Crippen molar-refractivity contribution in [3.05, 3.63) is 57.4 Å². The molecule has 0 radical (unpaired) electrons. The number of carbonyl (C=O) groups is 1. The Bertz CT molecular complexity index is 1350. The maximum absolute atomic E-state index is 13.7. The maximum atomic E-state index is 13.7. The summed E-state index contributed by atoms with van der Waals surface area (Å²) in [6.45, 7) is 4.03. The molecule has 0 bridgehead atoms. The van der Waals surface area contributed by atoms with Gasteiger partial charge in [-0.2, -0.15) is 0 Å².